The molecule has 1 N–H and O–H groups in total. The van der Waals surface area contributed by atoms with Crippen LogP contribution in [0.25, 0.3) is 22.2 Å². The number of aryl methyl sites for hydroxylation is 1. The number of piperazine rings is 1. The zero-order valence-corrected chi connectivity index (χ0v) is 39.8. The van der Waals surface area contributed by atoms with Crippen molar-refractivity contribution in [3.05, 3.63) is 190 Å². The smallest absolute Gasteiger partial charge is 0.260 e. The highest BCUT2D eigenvalue weighted by molar-refractivity contribution is 6.05. The van der Waals surface area contributed by atoms with Crippen LogP contribution in [-0.4, -0.2) is 94.9 Å². The number of ether oxygens (including phenoxy) is 2. The van der Waals surface area contributed by atoms with E-state index in [9.17, 15) is 19.2 Å². The van der Waals surface area contributed by atoms with Crippen LogP contribution in [0.4, 0.5) is 0 Å². The van der Waals surface area contributed by atoms with E-state index in [0.717, 1.165) is 57.6 Å². The molecular formula is C59H59N5O6. The summed E-state index contributed by atoms with van der Waals surface area (Å²) < 4.78 is 14.7. The molecule has 6 aromatic carbocycles. The van der Waals surface area contributed by atoms with Gasteiger partial charge in [-0.2, -0.15) is 0 Å². The van der Waals surface area contributed by atoms with E-state index in [1.54, 1.807) is 18.2 Å². The fraction of sp³-hybridized carbons (Fsp3) is 0.288. The minimum Gasteiger partial charge on any atom is -0.494 e. The first-order valence-electron chi connectivity index (χ1n) is 24.6. The summed E-state index contributed by atoms with van der Waals surface area (Å²) in [7, 11) is 0. The van der Waals surface area contributed by atoms with Gasteiger partial charge in [-0.05, 0) is 121 Å². The number of hydrogen-bond donors (Lipinski definition) is 1. The highest BCUT2D eigenvalue weighted by Gasteiger charge is 2.40. The van der Waals surface area contributed by atoms with Crippen molar-refractivity contribution in [2.24, 2.45) is 0 Å². The second kappa shape index (κ2) is 21.0. The largest absolute Gasteiger partial charge is 0.494 e. The lowest BCUT2D eigenvalue weighted by atomic mass is 10.00. The Kier molecular flexibility index (Phi) is 13.9. The molecule has 70 heavy (non-hydrogen) atoms. The van der Waals surface area contributed by atoms with Crippen LogP contribution in [0, 0.1) is 6.92 Å². The van der Waals surface area contributed by atoms with E-state index < -0.39 is 11.9 Å². The number of hydrogen-bond acceptors (Lipinski definition) is 7. The molecule has 0 spiro atoms. The molecule has 3 aliphatic heterocycles. The molecule has 356 valence electrons. The lowest BCUT2D eigenvalue weighted by Gasteiger charge is -2.34. The van der Waals surface area contributed by atoms with Crippen LogP contribution in [0.2, 0.25) is 0 Å². The molecular weight excluding hydrogens is 875 g/mol. The van der Waals surface area contributed by atoms with Crippen LogP contribution in [0.3, 0.4) is 0 Å². The Morgan fingerprint density at radius 3 is 2.07 bits per heavy atom. The Morgan fingerprint density at radius 1 is 0.686 bits per heavy atom. The van der Waals surface area contributed by atoms with E-state index in [1.165, 1.54) is 60.4 Å². The van der Waals surface area contributed by atoms with Gasteiger partial charge in [0.25, 0.3) is 11.8 Å². The molecule has 11 nitrogen and oxygen atoms in total. The van der Waals surface area contributed by atoms with E-state index in [4.69, 9.17) is 9.47 Å². The lowest BCUT2D eigenvalue weighted by molar-refractivity contribution is -0.137. The predicted molar refractivity (Wildman–Crippen MR) is 272 cm³/mol. The minimum atomic E-state index is -0.710. The first kappa shape index (κ1) is 46.2. The Morgan fingerprint density at radius 2 is 1.36 bits per heavy atom. The van der Waals surface area contributed by atoms with Gasteiger partial charge in [0.15, 0.2) is 6.61 Å². The number of nitrogens with zero attached hydrogens (tertiary/aromatic N) is 4. The third-order valence-electron chi connectivity index (χ3n) is 14.1. The zero-order chi connectivity index (χ0) is 48.0. The average molecular weight is 934 g/mol. The molecule has 11 heteroatoms. The van der Waals surface area contributed by atoms with Crippen molar-refractivity contribution in [3.8, 4) is 22.8 Å². The number of fused-ring (bicyclic) bond motifs is 2. The molecule has 2 fully saturated rings. The lowest BCUT2D eigenvalue weighted by Crippen LogP contribution is -2.52. The minimum absolute atomic E-state index is 0.0992. The van der Waals surface area contributed by atoms with E-state index in [2.05, 4.69) is 149 Å². The molecule has 1 atom stereocenters. The maximum atomic E-state index is 13.2. The third kappa shape index (κ3) is 10.4. The van der Waals surface area contributed by atoms with E-state index >= 15 is 0 Å². The molecule has 0 saturated carbocycles. The molecule has 1 aromatic heterocycles. The second-order valence-corrected chi connectivity index (χ2v) is 18.8. The van der Waals surface area contributed by atoms with Crippen LogP contribution < -0.4 is 14.8 Å². The van der Waals surface area contributed by atoms with Crippen molar-refractivity contribution in [2.75, 3.05) is 45.9 Å². The summed E-state index contributed by atoms with van der Waals surface area (Å²) in [4.78, 5) is 56.3. The number of nitrogens with one attached hydrogen (secondary N) is 1. The van der Waals surface area contributed by atoms with Crippen LogP contribution in [0.15, 0.2) is 146 Å². The summed E-state index contributed by atoms with van der Waals surface area (Å²) in [6.07, 6.45) is 4.19. The molecule has 1 unspecified atom stereocenters. The average Bonchev–Trinajstić information content (AvgIpc) is 3.86. The summed E-state index contributed by atoms with van der Waals surface area (Å²) in [5.74, 6) is 0.172. The molecule has 3 aliphatic rings. The molecule has 0 radical (unpaired) electrons. The van der Waals surface area contributed by atoms with Gasteiger partial charge < -0.3 is 23.8 Å². The monoisotopic (exact) mass is 933 g/mol. The molecule has 0 bridgehead atoms. The van der Waals surface area contributed by atoms with Gasteiger partial charge in [-0.15, -0.1) is 0 Å². The number of imide groups is 1. The van der Waals surface area contributed by atoms with Gasteiger partial charge in [0.05, 0.1) is 18.8 Å². The third-order valence-corrected chi connectivity index (χ3v) is 14.1. The summed E-state index contributed by atoms with van der Waals surface area (Å²) in [6, 6.07) is 50.4. The van der Waals surface area contributed by atoms with E-state index in [1.807, 2.05) is 4.90 Å². The highest BCUT2D eigenvalue weighted by Crippen LogP contribution is 2.37. The van der Waals surface area contributed by atoms with E-state index in [-0.39, 0.29) is 43.7 Å². The van der Waals surface area contributed by atoms with Gasteiger partial charge in [0.2, 0.25) is 11.8 Å². The van der Waals surface area contributed by atoms with Crippen molar-refractivity contribution in [2.45, 2.75) is 64.6 Å². The number of piperidine rings is 1. The zero-order valence-electron chi connectivity index (χ0n) is 39.8. The SMILES string of the molecule is Cc1c(-c2ccc(Cc3ccccc3)cc2)n(Cc2ccc(OCCCCN3CCN(C(=O)COc4cccc5c4CN(C4CCC(=O)NC4=O)C5=O)CC3)cc2)c2ccc(Cc3ccccc3)cc12. The van der Waals surface area contributed by atoms with Gasteiger partial charge >= 0.3 is 0 Å². The summed E-state index contributed by atoms with van der Waals surface area (Å²) >= 11 is 0. The van der Waals surface area contributed by atoms with Crippen molar-refractivity contribution >= 4 is 34.5 Å². The van der Waals surface area contributed by atoms with Crippen LogP contribution in [-0.2, 0) is 40.3 Å². The van der Waals surface area contributed by atoms with Gasteiger partial charge in [-0.25, -0.2) is 0 Å². The second-order valence-electron chi connectivity index (χ2n) is 18.8. The number of rotatable bonds is 17. The first-order chi connectivity index (χ1) is 34.2. The van der Waals surface area contributed by atoms with Crippen LogP contribution in [0.1, 0.15) is 75.0 Å². The topological polar surface area (TPSA) is 113 Å². The predicted octanol–water partition coefficient (Wildman–Crippen LogP) is 8.99. The quantitative estimate of drug-likeness (QED) is 0.0717. The van der Waals surface area contributed by atoms with Gasteiger partial charge in [0, 0.05) is 61.2 Å². The normalized spacial score (nSPS) is 16.1. The van der Waals surface area contributed by atoms with Crippen molar-refractivity contribution in [1.82, 2.24) is 24.6 Å². The number of amides is 4. The van der Waals surface area contributed by atoms with Crippen molar-refractivity contribution in [3.63, 3.8) is 0 Å². The number of aromatic nitrogens is 1. The van der Waals surface area contributed by atoms with Gasteiger partial charge in [-0.3, -0.25) is 29.4 Å². The molecule has 10 rings (SSSR count). The number of benzene rings is 6. The molecule has 4 heterocycles. The van der Waals surface area contributed by atoms with Crippen molar-refractivity contribution in [1.29, 1.82) is 0 Å². The fourth-order valence-corrected chi connectivity index (χ4v) is 10.3. The van der Waals surface area contributed by atoms with E-state index in [0.29, 0.717) is 36.6 Å². The number of unbranched alkanes of at least 4 members (excludes halogenated alkanes) is 1. The Balaban J connectivity index is 0.698. The standard InChI is InChI=1S/C59H59N5O6/c1-41-50-37-46(36-43-13-6-3-7-14-43)21-26-52(50)63(57(41)47-22-17-44(18-23-47)35-42-11-4-2-5-12-42)38-45-19-24-48(25-20-45)69-34-9-8-29-61-30-32-62(33-31-61)56(66)40-70-54-16-10-15-49-51(54)39-64(59(49)68)53-27-28-55(65)60-58(53)67/h2-7,10-26,37,53H,8-9,27-36,38-40H2,1H3,(H,60,65,67). The summed E-state index contributed by atoms with van der Waals surface area (Å²) in [5, 5.41) is 3.62. The van der Waals surface area contributed by atoms with Gasteiger partial charge in [0.1, 0.15) is 17.5 Å². The van der Waals surface area contributed by atoms with Crippen LogP contribution >= 0.6 is 0 Å². The molecule has 4 amide bonds. The highest BCUT2D eigenvalue weighted by atomic mass is 16.5. The summed E-state index contributed by atoms with van der Waals surface area (Å²) in [5.41, 5.74) is 12.5. The maximum absolute atomic E-state index is 13.2. The van der Waals surface area contributed by atoms with Gasteiger partial charge in [-0.1, -0.05) is 109 Å². The molecule has 2 saturated heterocycles. The Labute approximate surface area is 409 Å². The maximum Gasteiger partial charge on any atom is 0.260 e. The first-order valence-corrected chi connectivity index (χ1v) is 24.6. The van der Waals surface area contributed by atoms with Crippen LogP contribution in [0.5, 0.6) is 11.5 Å². The fourth-order valence-electron chi connectivity index (χ4n) is 10.3. The van der Waals surface area contributed by atoms with Crippen molar-refractivity contribution < 1.29 is 28.7 Å². The molecule has 7 aromatic rings. The Hall–Kier alpha value is -7.50. The Bertz CT molecular complexity index is 3000. The number of carbonyl (C=O) groups excluding carboxylic acids is 4. The number of carbonyl (C=O) groups is 4. The molecule has 0 aliphatic carbocycles. The summed E-state index contributed by atoms with van der Waals surface area (Å²) in [6.45, 7) is 7.44.